The summed E-state index contributed by atoms with van der Waals surface area (Å²) in [5, 5.41) is 3.24. The molecule has 0 bridgehead atoms. The average Bonchev–Trinajstić information content (AvgIpc) is 1.87. The Bertz CT molecular complexity index is 104. The Kier molecular flexibility index (Phi) is 1.22. The lowest BCUT2D eigenvalue weighted by Gasteiger charge is -2.43. The van der Waals surface area contributed by atoms with Crippen molar-refractivity contribution in [3.05, 3.63) is 6.61 Å². The Morgan fingerprint density at radius 2 is 2.44 bits per heavy atom. The van der Waals surface area contributed by atoms with Gasteiger partial charge in [-0.05, 0) is 0 Å². The van der Waals surface area contributed by atoms with Crippen molar-refractivity contribution in [1.82, 2.24) is 5.32 Å². The summed E-state index contributed by atoms with van der Waals surface area (Å²) in [5.41, 5.74) is -0.0573. The summed E-state index contributed by atoms with van der Waals surface area (Å²) in [5.74, 6) is 0. The lowest BCUT2D eigenvalue weighted by atomic mass is 10.0. The average molecular weight is 128 g/mol. The summed E-state index contributed by atoms with van der Waals surface area (Å²) < 4.78 is 10.4. The van der Waals surface area contributed by atoms with E-state index >= 15 is 0 Å². The van der Waals surface area contributed by atoms with E-state index in [4.69, 9.17) is 9.47 Å². The van der Waals surface area contributed by atoms with Crippen LogP contribution in [0.15, 0.2) is 0 Å². The second-order valence-corrected chi connectivity index (χ2v) is 2.52. The van der Waals surface area contributed by atoms with Crippen LogP contribution in [0.1, 0.15) is 0 Å². The zero-order chi connectivity index (χ0) is 6.16. The highest BCUT2D eigenvalue weighted by Gasteiger charge is 2.41. The predicted octanol–water partition coefficient (Wildman–Crippen LogP) is -0.463. The summed E-state index contributed by atoms with van der Waals surface area (Å²) >= 11 is 0. The summed E-state index contributed by atoms with van der Waals surface area (Å²) in [7, 11) is 0. The second-order valence-electron chi connectivity index (χ2n) is 2.52. The highest BCUT2D eigenvalue weighted by molar-refractivity contribution is 5.00. The molecule has 2 fully saturated rings. The van der Waals surface area contributed by atoms with Crippen LogP contribution in [-0.4, -0.2) is 31.9 Å². The first-order valence-electron chi connectivity index (χ1n) is 3.22. The molecule has 0 saturated carbocycles. The summed E-state index contributed by atoms with van der Waals surface area (Å²) in [6, 6.07) is 0. The van der Waals surface area contributed by atoms with E-state index in [0.29, 0.717) is 0 Å². The number of nitrogens with one attached hydrogen (secondary N) is 1. The zero-order valence-electron chi connectivity index (χ0n) is 5.22. The third-order valence-electron chi connectivity index (χ3n) is 1.72. The van der Waals surface area contributed by atoms with E-state index in [2.05, 4.69) is 5.32 Å². The molecule has 1 N–H and O–H groups in total. The van der Waals surface area contributed by atoms with Gasteiger partial charge in [-0.15, -0.1) is 0 Å². The van der Waals surface area contributed by atoms with Crippen LogP contribution in [-0.2, 0) is 9.47 Å². The molecule has 9 heavy (non-hydrogen) atoms. The molecule has 2 rings (SSSR count). The molecular formula is C6H10NO2. The first kappa shape index (κ1) is 5.65. The van der Waals surface area contributed by atoms with Gasteiger partial charge in [0.25, 0.3) is 0 Å². The highest BCUT2D eigenvalue weighted by atomic mass is 16.6. The largest absolute Gasteiger partial charge is 0.369 e. The molecule has 0 amide bonds. The fourth-order valence-corrected chi connectivity index (χ4v) is 1.12. The lowest BCUT2D eigenvalue weighted by molar-refractivity contribution is -0.176. The normalized spacial score (nSPS) is 32.0. The number of hydrogen-bond acceptors (Lipinski definition) is 3. The number of morpholine rings is 1. The molecule has 0 aromatic rings. The van der Waals surface area contributed by atoms with Crippen LogP contribution in [0.5, 0.6) is 0 Å². The fraction of sp³-hybridized carbons (Fsp3) is 0.833. The fourth-order valence-electron chi connectivity index (χ4n) is 1.12. The van der Waals surface area contributed by atoms with Crippen LogP contribution >= 0.6 is 0 Å². The van der Waals surface area contributed by atoms with Gasteiger partial charge < -0.3 is 14.8 Å². The van der Waals surface area contributed by atoms with Crippen molar-refractivity contribution in [1.29, 1.82) is 0 Å². The maximum absolute atomic E-state index is 5.46. The van der Waals surface area contributed by atoms with Crippen molar-refractivity contribution in [2.75, 3.05) is 26.3 Å². The second kappa shape index (κ2) is 1.94. The van der Waals surface area contributed by atoms with Crippen LogP contribution in [0.2, 0.25) is 0 Å². The van der Waals surface area contributed by atoms with Crippen LogP contribution in [0.3, 0.4) is 0 Å². The zero-order valence-corrected chi connectivity index (χ0v) is 5.22. The van der Waals surface area contributed by atoms with E-state index in [1.54, 1.807) is 6.61 Å². The molecule has 2 heterocycles. The molecule has 2 aliphatic heterocycles. The van der Waals surface area contributed by atoms with Gasteiger partial charge in [0.1, 0.15) is 12.2 Å². The molecule has 1 radical (unpaired) electrons. The van der Waals surface area contributed by atoms with Gasteiger partial charge in [0, 0.05) is 13.1 Å². The van der Waals surface area contributed by atoms with E-state index in [1.807, 2.05) is 0 Å². The van der Waals surface area contributed by atoms with Gasteiger partial charge in [-0.25, -0.2) is 0 Å². The van der Waals surface area contributed by atoms with Gasteiger partial charge in [-0.3, -0.25) is 0 Å². The Balaban J connectivity index is 1.93. The standard InChI is InChI=1S/C6H10NO2/c1-2-9-6(3-7-1)4-8-5-6/h4,7H,1-3,5H2. The topological polar surface area (TPSA) is 30.5 Å². The number of rotatable bonds is 0. The van der Waals surface area contributed by atoms with Gasteiger partial charge in [0.05, 0.1) is 13.2 Å². The lowest BCUT2D eigenvalue weighted by Crippen LogP contribution is -2.58. The van der Waals surface area contributed by atoms with Gasteiger partial charge in [0.2, 0.25) is 0 Å². The molecule has 2 saturated heterocycles. The molecule has 0 aromatic carbocycles. The van der Waals surface area contributed by atoms with Crippen molar-refractivity contribution in [3.8, 4) is 0 Å². The Morgan fingerprint density at radius 3 is 2.78 bits per heavy atom. The summed E-state index contributed by atoms with van der Waals surface area (Å²) in [4.78, 5) is 0. The predicted molar refractivity (Wildman–Crippen MR) is 31.8 cm³/mol. The minimum Gasteiger partial charge on any atom is -0.369 e. The number of ether oxygens (including phenoxy) is 2. The van der Waals surface area contributed by atoms with Gasteiger partial charge >= 0.3 is 0 Å². The van der Waals surface area contributed by atoms with Crippen LogP contribution in [0.4, 0.5) is 0 Å². The smallest absolute Gasteiger partial charge is 0.132 e. The summed E-state index contributed by atoms with van der Waals surface area (Å²) in [6.45, 7) is 5.18. The van der Waals surface area contributed by atoms with E-state index in [-0.39, 0.29) is 5.60 Å². The minimum absolute atomic E-state index is 0.0573. The molecule has 0 aliphatic carbocycles. The van der Waals surface area contributed by atoms with Crippen LogP contribution < -0.4 is 5.32 Å². The first-order chi connectivity index (χ1) is 4.41. The van der Waals surface area contributed by atoms with Gasteiger partial charge in [-0.1, -0.05) is 0 Å². The SMILES string of the molecule is [CH]1OCC12CNCCO2. The molecular weight excluding hydrogens is 118 g/mol. The minimum atomic E-state index is -0.0573. The van der Waals surface area contributed by atoms with E-state index in [1.165, 1.54) is 0 Å². The van der Waals surface area contributed by atoms with Crippen molar-refractivity contribution in [2.45, 2.75) is 5.60 Å². The number of hydrogen-bond donors (Lipinski definition) is 1. The highest BCUT2D eigenvalue weighted by Crippen LogP contribution is 2.26. The van der Waals surface area contributed by atoms with Crippen molar-refractivity contribution in [3.63, 3.8) is 0 Å². The van der Waals surface area contributed by atoms with E-state index in [0.717, 1.165) is 26.3 Å². The Labute approximate surface area is 54.3 Å². The first-order valence-corrected chi connectivity index (χ1v) is 3.22. The maximum atomic E-state index is 5.46. The van der Waals surface area contributed by atoms with Crippen LogP contribution in [0, 0.1) is 6.61 Å². The molecule has 0 aromatic heterocycles. The third-order valence-corrected chi connectivity index (χ3v) is 1.72. The molecule has 3 heteroatoms. The Hall–Kier alpha value is -0.120. The third kappa shape index (κ3) is 0.852. The molecule has 3 nitrogen and oxygen atoms in total. The van der Waals surface area contributed by atoms with Crippen LogP contribution in [0.25, 0.3) is 0 Å². The summed E-state index contributed by atoms with van der Waals surface area (Å²) in [6.07, 6.45) is 0. The quantitative estimate of drug-likeness (QED) is 0.478. The van der Waals surface area contributed by atoms with Crippen molar-refractivity contribution >= 4 is 0 Å². The van der Waals surface area contributed by atoms with Gasteiger partial charge in [-0.2, -0.15) is 0 Å². The molecule has 1 spiro atoms. The molecule has 2 aliphatic rings. The van der Waals surface area contributed by atoms with Crippen molar-refractivity contribution < 1.29 is 9.47 Å². The molecule has 1 atom stereocenters. The van der Waals surface area contributed by atoms with E-state index < -0.39 is 0 Å². The molecule has 51 valence electrons. The van der Waals surface area contributed by atoms with E-state index in [9.17, 15) is 0 Å². The monoisotopic (exact) mass is 128 g/mol. The molecule has 1 unspecified atom stereocenters. The Morgan fingerprint density at radius 1 is 1.56 bits per heavy atom. The van der Waals surface area contributed by atoms with Gasteiger partial charge in [0.15, 0.2) is 0 Å². The maximum Gasteiger partial charge on any atom is 0.132 e. The van der Waals surface area contributed by atoms with Crippen molar-refractivity contribution in [2.24, 2.45) is 0 Å².